The summed E-state index contributed by atoms with van der Waals surface area (Å²) in [6.45, 7) is 3.66. The van der Waals surface area contributed by atoms with E-state index in [-0.39, 0.29) is 11.9 Å². The average Bonchev–Trinajstić information content (AvgIpc) is 2.81. The third-order valence-corrected chi connectivity index (χ3v) is 5.67. The number of quaternary nitrogens is 1. The van der Waals surface area contributed by atoms with Gasteiger partial charge in [-0.05, 0) is 24.3 Å². The highest BCUT2D eigenvalue weighted by Gasteiger charge is 2.34. The van der Waals surface area contributed by atoms with Crippen LogP contribution in [0.3, 0.4) is 0 Å². The smallest absolute Gasteiger partial charge is 0.287 e. The Morgan fingerprint density at radius 3 is 2.27 bits per heavy atom. The Balaban J connectivity index is 1.51. The van der Waals surface area contributed by atoms with E-state index < -0.39 is 0 Å². The molecule has 0 bridgehead atoms. The fourth-order valence-corrected chi connectivity index (χ4v) is 4.11. The highest BCUT2D eigenvalue weighted by atomic mass is 16.5. The van der Waals surface area contributed by atoms with E-state index in [4.69, 9.17) is 4.74 Å². The van der Waals surface area contributed by atoms with Crippen molar-refractivity contribution < 1.29 is 14.4 Å². The van der Waals surface area contributed by atoms with Crippen LogP contribution in [0.4, 0.5) is 11.4 Å². The van der Waals surface area contributed by atoms with Crippen LogP contribution >= 0.6 is 0 Å². The van der Waals surface area contributed by atoms with Crippen LogP contribution in [0.15, 0.2) is 84.9 Å². The number of ether oxygens (including phenoxy) is 1. The summed E-state index contributed by atoms with van der Waals surface area (Å²) >= 11 is 0. The monoisotopic (exact) mass is 402 g/mol. The van der Waals surface area contributed by atoms with Crippen LogP contribution in [0.25, 0.3) is 0 Å². The second kappa shape index (κ2) is 9.46. The third kappa shape index (κ3) is 4.63. The van der Waals surface area contributed by atoms with Gasteiger partial charge in [-0.2, -0.15) is 0 Å². The summed E-state index contributed by atoms with van der Waals surface area (Å²) in [5.41, 5.74) is 3.04. The maximum Gasteiger partial charge on any atom is 0.287 e. The lowest BCUT2D eigenvalue weighted by Gasteiger charge is -2.37. The van der Waals surface area contributed by atoms with Crippen LogP contribution in [-0.2, 0) is 4.79 Å². The Morgan fingerprint density at radius 1 is 0.933 bits per heavy atom. The number of anilines is 2. The number of benzene rings is 3. The van der Waals surface area contributed by atoms with Gasteiger partial charge in [-0.3, -0.25) is 4.79 Å². The third-order valence-electron chi connectivity index (χ3n) is 5.67. The molecule has 1 aliphatic rings. The maximum absolute atomic E-state index is 13.4. The number of methoxy groups -OCH3 is 1. The number of nitrogens with zero attached hydrogens (tertiary/aromatic N) is 1. The second-order valence-electron chi connectivity index (χ2n) is 7.55. The predicted octanol–water partition coefficient (Wildman–Crippen LogP) is 2.78. The van der Waals surface area contributed by atoms with Crippen LogP contribution in [-0.4, -0.2) is 39.2 Å². The molecule has 1 atom stereocenters. The summed E-state index contributed by atoms with van der Waals surface area (Å²) in [6.07, 6.45) is 0. The number of piperazine rings is 1. The van der Waals surface area contributed by atoms with E-state index in [9.17, 15) is 4.79 Å². The lowest BCUT2D eigenvalue weighted by atomic mass is 10.0. The maximum atomic E-state index is 13.4. The normalized spacial score (nSPS) is 15.4. The number of para-hydroxylation sites is 1. The van der Waals surface area contributed by atoms with Crippen molar-refractivity contribution in [3.05, 3.63) is 90.5 Å². The quantitative estimate of drug-likeness (QED) is 0.667. The largest absolute Gasteiger partial charge is 0.497 e. The van der Waals surface area contributed by atoms with Gasteiger partial charge >= 0.3 is 0 Å². The molecule has 0 radical (unpaired) electrons. The molecule has 1 heterocycles. The van der Waals surface area contributed by atoms with Gasteiger partial charge in [0.2, 0.25) is 0 Å². The van der Waals surface area contributed by atoms with E-state index >= 15 is 0 Å². The first-order valence-electron chi connectivity index (χ1n) is 10.4. The molecule has 1 fully saturated rings. The summed E-state index contributed by atoms with van der Waals surface area (Å²) < 4.78 is 5.29. The summed E-state index contributed by atoms with van der Waals surface area (Å²) in [6, 6.07) is 27.8. The van der Waals surface area contributed by atoms with Crippen molar-refractivity contribution in [1.29, 1.82) is 0 Å². The Bertz CT molecular complexity index is 954. The number of nitrogens with one attached hydrogen (secondary N) is 2. The van der Waals surface area contributed by atoms with Crippen LogP contribution < -0.4 is 19.9 Å². The molecule has 2 N–H and O–H groups in total. The highest BCUT2D eigenvalue weighted by Crippen LogP contribution is 2.19. The summed E-state index contributed by atoms with van der Waals surface area (Å²) in [5.74, 6) is 0.741. The number of hydrogen-bond donors (Lipinski definition) is 2. The molecule has 1 amide bonds. The van der Waals surface area contributed by atoms with Crippen molar-refractivity contribution in [2.45, 2.75) is 6.04 Å². The Hall–Kier alpha value is -3.31. The molecule has 1 saturated heterocycles. The van der Waals surface area contributed by atoms with Gasteiger partial charge in [-0.1, -0.05) is 54.6 Å². The molecule has 0 spiro atoms. The van der Waals surface area contributed by atoms with Crippen LogP contribution in [0.2, 0.25) is 0 Å². The molecule has 3 aromatic carbocycles. The van der Waals surface area contributed by atoms with Crippen LogP contribution in [0.1, 0.15) is 11.6 Å². The van der Waals surface area contributed by atoms with Crippen molar-refractivity contribution in [2.24, 2.45) is 0 Å². The fraction of sp³-hybridized carbons (Fsp3) is 0.240. The molecule has 5 heteroatoms. The molecule has 0 saturated carbocycles. The first kappa shape index (κ1) is 20.0. The Labute approximate surface area is 177 Å². The molecule has 0 aliphatic carbocycles. The number of carbonyl (C=O) groups excluding carboxylic acids is 1. The average molecular weight is 403 g/mol. The van der Waals surface area contributed by atoms with E-state index in [1.165, 1.54) is 10.6 Å². The second-order valence-corrected chi connectivity index (χ2v) is 7.55. The van der Waals surface area contributed by atoms with Gasteiger partial charge in [0.05, 0.1) is 33.3 Å². The number of carbonyl (C=O) groups is 1. The van der Waals surface area contributed by atoms with Crippen molar-refractivity contribution >= 4 is 17.3 Å². The van der Waals surface area contributed by atoms with E-state index in [0.717, 1.165) is 43.2 Å². The van der Waals surface area contributed by atoms with Crippen LogP contribution in [0, 0.1) is 0 Å². The van der Waals surface area contributed by atoms with Crippen molar-refractivity contribution in [3.63, 3.8) is 0 Å². The Kier molecular flexibility index (Phi) is 6.30. The molecule has 0 unspecified atom stereocenters. The van der Waals surface area contributed by atoms with Gasteiger partial charge in [0.1, 0.15) is 5.75 Å². The van der Waals surface area contributed by atoms with Gasteiger partial charge < -0.3 is 19.9 Å². The number of amides is 1. The topological polar surface area (TPSA) is 46.0 Å². The molecular weight excluding hydrogens is 374 g/mol. The van der Waals surface area contributed by atoms with Gasteiger partial charge in [-0.25, -0.2) is 0 Å². The Morgan fingerprint density at radius 2 is 1.60 bits per heavy atom. The van der Waals surface area contributed by atoms with E-state index in [1.807, 2.05) is 60.7 Å². The predicted molar refractivity (Wildman–Crippen MR) is 120 cm³/mol. The van der Waals surface area contributed by atoms with E-state index in [0.29, 0.717) is 0 Å². The lowest BCUT2D eigenvalue weighted by Crippen LogP contribution is -3.16. The molecule has 154 valence electrons. The van der Waals surface area contributed by atoms with Crippen molar-refractivity contribution in [2.75, 3.05) is 43.5 Å². The number of rotatable bonds is 6. The zero-order valence-electron chi connectivity index (χ0n) is 17.3. The van der Waals surface area contributed by atoms with Crippen molar-refractivity contribution in [3.8, 4) is 5.75 Å². The van der Waals surface area contributed by atoms with Crippen molar-refractivity contribution in [1.82, 2.24) is 0 Å². The van der Waals surface area contributed by atoms with Gasteiger partial charge in [0, 0.05) is 23.0 Å². The first-order valence-corrected chi connectivity index (χ1v) is 10.4. The summed E-state index contributed by atoms with van der Waals surface area (Å²) in [7, 11) is 1.63. The molecule has 1 aliphatic heterocycles. The number of hydrogen-bond acceptors (Lipinski definition) is 3. The SMILES string of the molecule is COc1cccc(NC(=O)[C@H](c2ccccc2)[NH+]2CCN(c3ccccc3)CC2)c1. The highest BCUT2D eigenvalue weighted by molar-refractivity contribution is 5.94. The molecule has 30 heavy (non-hydrogen) atoms. The first-order chi connectivity index (χ1) is 14.7. The summed E-state index contributed by atoms with van der Waals surface area (Å²) in [4.78, 5) is 17.1. The van der Waals surface area contributed by atoms with Gasteiger partial charge in [0.15, 0.2) is 6.04 Å². The molecule has 5 nitrogen and oxygen atoms in total. The molecule has 0 aromatic heterocycles. The minimum Gasteiger partial charge on any atom is -0.497 e. The molecular formula is C25H28N3O2+. The van der Waals surface area contributed by atoms with E-state index in [1.54, 1.807) is 7.11 Å². The summed E-state index contributed by atoms with van der Waals surface area (Å²) in [5, 5.41) is 3.10. The standard InChI is InChI=1S/C25H27N3O2/c1-30-23-14-8-11-21(19-23)26-25(29)24(20-9-4-2-5-10-20)28-17-15-27(16-18-28)22-12-6-3-7-13-22/h2-14,19,24H,15-18H2,1H3,(H,26,29)/p+1/t24-/m0/s1. The van der Waals surface area contributed by atoms with Gasteiger partial charge in [0.25, 0.3) is 5.91 Å². The van der Waals surface area contributed by atoms with E-state index in [2.05, 4.69) is 34.5 Å². The van der Waals surface area contributed by atoms with Gasteiger partial charge in [-0.15, -0.1) is 0 Å². The lowest BCUT2D eigenvalue weighted by molar-refractivity contribution is -0.922. The zero-order valence-corrected chi connectivity index (χ0v) is 17.3. The minimum absolute atomic E-state index is 0.0117. The molecule has 4 rings (SSSR count). The molecule has 3 aromatic rings. The minimum atomic E-state index is -0.254. The van der Waals surface area contributed by atoms with Crippen LogP contribution in [0.5, 0.6) is 5.75 Å². The zero-order chi connectivity index (χ0) is 20.8. The fourth-order valence-electron chi connectivity index (χ4n) is 4.11.